The van der Waals surface area contributed by atoms with Gasteiger partial charge in [0.1, 0.15) is 12.4 Å². The lowest BCUT2D eigenvalue weighted by Gasteiger charge is -2.29. The Balaban J connectivity index is 1.65. The molecule has 2 aromatic carbocycles. The van der Waals surface area contributed by atoms with Gasteiger partial charge in [0, 0.05) is 31.0 Å². The molecule has 1 aliphatic rings. The molecule has 160 valence electrons. The van der Waals surface area contributed by atoms with Crippen molar-refractivity contribution in [1.82, 2.24) is 20.1 Å². The van der Waals surface area contributed by atoms with E-state index in [0.717, 1.165) is 35.6 Å². The highest BCUT2D eigenvalue weighted by Gasteiger charge is 2.33. The third-order valence-electron chi connectivity index (χ3n) is 5.67. The van der Waals surface area contributed by atoms with Crippen LogP contribution < -0.4 is 15.5 Å². The van der Waals surface area contributed by atoms with Crippen LogP contribution in [-0.2, 0) is 11.3 Å². The van der Waals surface area contributed by atoms with Crippen LogP contribution in [-0.4, -0.2) is 33.8 Å². The first kappa shape index (κ1) is 20.7. The first-order valence-electron chi connectivity index (χ1n) is 10.7. The zero-order chi connectivity index (χ0) is 21.8. The molecule has 1 aliphatic heterocycles. The summed E-state index contributed by atoms with van der Waals surface area (Å²) in [4.78, 5) is 19.9. The van der Waals surface area contributed by atoms with Gasteiger partial charge in [-0.15, -0.1) is 0 Å². The van der Waals surface area contributed by atoms with Crippen LogP contribution in [0.5, 0.6) is 0 Å². The fourth-order valence-corrected chi connectivity index (χ4v) is 4.02. The van der Waals surface area contributed by atoms with Gasteiger partial charge >= 0.3 is 0 Å². The fourth-order valence-electron chi connectivity index (χ4n) is 4.02. The maximum absolute atomic E-state index is 13.3. The molecule has 1 amide bonds. The average Bonchev–Trinajstić information content (AvgIpc) is 3.26. The summed E-state index contributed by atoms with van der Waals surface area (Å²) in [5.41, 5.74) is 4.64. The van der Waals surface area contributed by atoms with E-state index in [1.165, 1.54) is 6.33 Å². The van der Waals surface area contributed by atoms with Gasteiger partial charge in [-0.3, -0.25) is 4.79 Å². The van der Waals surface area contributed by atoms with E-state index in [1.807, 2.05) is 37.3 Å². The Morgan fingerprint density at radius 3 is 2.48 bits per heavy atom. The Kier molecular flexibility index (Phi) is 6.02. The number of aromatic nitrogens is 3. The van der Waals surface area contributed by atoms with Crippen LogP contribution in [0.4, 0.5) is 11.6 Å². The van der Waals surface area contributed by atoms with E-state index in [9.17, 15) is 4.79 Å². The molecule has 2 N–H and O–H groups in total. The smallest absolute Gasteiger partial charge is 0.251 e. The van der Waals surface area contributed by atoms with Crippen molar-refractivity contribution in [2.45, 2.75) is 33.4 Å². The van der Waals surface area contributed by atoms with Crippen molar-refractivity contribution >= 4 is 17.5 Å². The Morgan fingerprint density at radius 2 is 1.81 bits per heavy atom. The molecule has 7 heteroatoms. The number of fused-ring (bicyclic) bond motifs is 1. The zero-order valence-electron chi connectivity index (χ0n) is 18.2. The maximum Gasteiger partial charge on any atom is 0.251 e. The van der Waals surface area contributed by atoms with Crippen LogP contribution in [0.3, 0.4) is 0 Å². The van der Waals surface area contributed by atoms with Crippen LogP contribution in [0.15, 0.2) is 72.2 Å². The summed E-state index contributed by atoms with van der Waals surface area (Å²) < 4.78 is 1.77. The third-order valence-corrected chi connectivity index (χ3v) is 5.67. The minimum Gasteiger partial charge on any atom is -0.372 e. The van der Waals surface area contributed by atoms with Crippen LogP contribution >= 0.6 is 0 Å². The third kappa shape index (κ3) is 4.17. The molecule has 0 saturated heterocycles. The number of carbonyl (C=O) groups is 1. The molecule has 0 bridgehead atoms. The molecule has 31 heavy (non-hydrogen) atoms. The van der Waals surface area contributed by atoms with Crippen molar-refractivity contribution in [1.29, 1.82) is 0 Å². The quantitative estimate of drug-likeness (QED) is 0.614. The fraction of sp³-hybridized carbons (Fsp3) is 0.292. The summed E-state index contributed by atoms with van der Waals surface area (Å²) in [5, 5.41) is 10.7. The number of amides is 1. The van der Waals surface area contributed by atoms with Gasteiger partial charge < -0.3 is 15.5 Å². The van der Waals surface area contributed by atoms with Gasteiger partial charge in [-0.2, -0.15) is 10.1 Å². The molecule has 2 heterocycles. The Morgan fingerprint density at radius 1 is 1.10 bits per heavy atom. The number of carbonyl (C=O) groups excluding carboxylic acids is 1. The molecule has 7 nitrogen and oxygen atoms in total. The molecule has 3 aromatic rings. The maximum atomic E-state index is 13.3. The average molecular weight is 417 g/mol. The van der Waals surface area contributed by atoms with Gasteiger partial charge in [0.05, 0.1) is 5.57 Å². The largest absolute Gasteiger partial charge is 0.372 e. The minimum absolute atomic E-state index is 0.118. The normalized spacial score (nSPS) is 15.3. The number of nitrogens with zero attached hydrogens (tertiary/aromatic N) is 4. The highest BCUT2D eigenvalue weighted by Crippen LogP contribution is 2.35. The number of benzene rings is 2. The molecule has 1 atom stereocenters. The van der Waals surface area contributed by atoms with Crippen LogP contribution in [0.2, 0.25) is 0 Å². The Hall–Kier alpha value is -3.61. The number of hydrogen-bond acceptors (Lipinski definition) is 5. The summed E-state index contributed by atoms with van der Waals surface area (Å²) in [6.07, 6.45) is 1.51. The summed E-state index contributed by atoms with van der Waals surface area (Å²) in [7, 11) is 0. The monoisotopic (exact) mass is 416 g/mol. The van der Waals surface area contributed by atoms with Crippen molar-refractivity contribution in [3.8, 4) is 0 Å². The van der Waals surface area contributed by atoms with Crippen molar-refractivity contribution in [2.24, 2.45) is 0 Å². The van der Waals surface area contributed by atoms with Crippen LogP contribution in [0, 0.1) is 0 Å². The molecule has 4 rings (SSSR count). The number of allylic oxidation sites excluding steroid dienone is 1. The minimum atomic E-state index is -0.347. The second kappa shape index (κ2) is 9.04. The van der Waals surface area contributed by atoms with Crippen molar-refractivity contribution < 1.29 is 4.79 Å². The summed E-state index contributed by atoms with van der Waals surface area (Å²) >= 11 is 0. The zero-order valence-corrected chi connectivity index (χ0v) is 18.2. The van der Waals surface area contributed by atoms with E-state index in [4.69, 9.17) is 0 Å². The molecular formula is C24H28N6O. The Bertz CT molecular complexity index is 1070. The van der Waals surface area contributed by atoms with E-state index in [2.05, 4.69) is 63.7 Å². The molecule has 0 fully saturated rings. The highest BCUT2D eigenvalue weighted by molar-refractivity contribution is 5.96. The molecule has 1 aromatic heterocycles. The Labute approximate surface area is 182 Å². The van der Waals surface area contributed by atoms with Gasteiger partial charge in [-0.05, 0) is 44.0 Å². The SMILES string of the molecule is CCN(CC)c1ccc([C@@H]2C(C(=O)NCc3ccccc3)=C(C)Nc3ncnn32)cc1. The van der Waals surface area contributed by atoms with Crippen LogP contribution in [0.1, 0.15) is 37.9 Å². The molecule has 0 saturated carbocycles. The van der Waals surface area contributed by atoms with Crippen LogP contribution in [0.25, 0.3) is 0 Å². The molecule has 0 spiro atoms. The standard InChI is InChI=1S/C24H28N6O/c1-4-29(5-2)20-13-11-19(12-14-20)22-21(17(3)28-24-26-16-27-30(22)24)23(31)25-15-18-9-7-6-8-10-18/h6-14,16,22H,4-5,15H2,1-3H3,(H,25,31)(H,26,27,28)/t22-/m1/s1. The van der Waals surface area contributed by atoms with Crippen molar-refractivity contribution in [2.75, 3.05) is 23.3 Å². The lowest BCUT2D eigenvalue weighted by molar-refractivity contribution is -0.118. The van der Waals surface area contributed by atoms with Crippen molar-refractivity contribution in [3.05, 3.63) is 83.3 Å². The van der Waals surface area contributed by atoms with Gasteiger partial charge in [-0.25, -0.2) is 4.68 Å². The lowest BCUT2D eigenvalue weighted by Crippen LogP contribution is -2.35. The van der Waals surface area contributed by atoms with E-state index in [0.29, 0.717) is 18.1 Å². The number of hydrogen-bond donors (Lipinski definition) is 2. The second-order valence-corrected chi connectivity index (χ2v) is 7.53. The van der Waals surface area contributed by atoms with Gasteiger partial charge in [0.15, 0.2) is 0 Å². The summed E-state index contributed by atoms with van der Waals surface area (Å²) in [5.74, 6) is 0.516. The van der Waals surface area contributed by atoms with E-state index >= 15 is 0 Å². The first-order chi connectivity index (χ1) is 15.1. The van der Waals surface area contributed by atoms with E-state index in [1.54, 1.807) is 4.68 Å². The van der Waals surface area contributed by atoms with Gasteiger partial charge in [0.2, 0.25) is 5.95 Å². The molecular weight excluding hydrogens is 388 g/mol. The van der Waals surface area contributed by atoms with E-state index in [-0.39, 0.29) is 11.9 Å². The number of nitrogens with one attached hydrogen (secondary N) is 2. The second-order valence-electron chi connectivity index (χ2n) is 7.53. The predicted molar refractivity (Wildman–Crippen MR) is 123 cm³/mol. The van der Waals surface area contributed by atoms with E-state index < -0.39 is 0 Å². The molecule has 0 radical (unpaired) electrons. The van der Waals surface area contributed by atoms with Gasteiger partial charge in [-0.1, -0.05) is 42.5 Å². The number of anilines is 2. The van der Waals surface area contributed by atoms with Crippen molar-refractivity contribution in [3.63, 3.8) is 0 Å². The lowest BCUT2D eigenvalue weighted by atomic mass is 9.94. The predicted octanol–water partition coefficient (Wildman–Crippen LogP) is 3.73. The molecule has 0 unspecified atom stereocenters. The highest BCUT2D eigenvalue weighted by atomic mass is 16.1. The topological polar surface area (TPSA) is 75.1 Å². The first-order valence-corrected chi connectivity index (χ1v) is 10.7. The summed E-state index contributed by atoms with van der Waals surface area (Å²) in [6, 6.07) is 17.9. The number of rotatable bonds is 7. The van der Waals surface area contributed by atoms with Gasteiger partial charge in [0.25, 0.3) is 5.91 Å². The summed E-state index contributed by atoms with van der Waals surface area (Å²) in [6.45, 7) is 8.56. The molecule has 0 aliphatic carbocycles.